The summed E-state index contributed by atoms with van der Waals surface area (Å²) in [4.78, 5) is 4.15. The number of hydrogen-bond donors (Lipinski definition) is 1. The molecule has 0 amide bonds. The van der Waals surface area contributed by atoms with Gasteiger partial charge in [-0.1, -0.05) is 11.2 Å². The minimum atomic E-state index is -3.24. The normalized spacial score (nSPS) is 11.6. The summed E-state index contributed by atoms with van der Waals surface area (Å²) in [6.07, 6.45) is -1.62. The van der Waals surface area contributed by atoms with Gasteiger partial charge >= 0.3 is 6.11 Å². The Balaban J connectivity index is 1.86. The van der Waals surface area contributed by atoms with E-state index >= 15 is 0 Å². The van der Waals surface area contributed by atoms with Crippen molar-refractivity contribution in [1.82, 2.24) is 10.1 Å². The number of hydrogen-bond acceptors (Lipinski definition) is 5. The number of nitrogens with zero attached hydrogens (tertiary/aromatic N) is 2. The molecule has 0 fully saturated rings. The Labute approximate surface area is 118 Å². The van der Waals surface area contributed by atoms with Crippen LogP contribution in [0.25, 0.3) is 11.1 Å². The van der Waals surface area contributed by atoms with E-state index in [-0.39, 0.29) is 5.75 Å². The zero-order valence-corrected chi connectivity index (χ0v) is 11.0. The SMILES string of the molecule is CC(F)(F)Oc1cccc(Nc2noc3cccnc23)c1. The van der Waals surface area contributed by atoms with Gasteiger partial charge in [-0.3, -0.25) is 0 Å². The van der Waals surface area contributed by atoms with E-state index < -0.39 is 6.11 Å². The van der Waals surface area contributed by atoms with Crippen molar-refractivity contribution in [2.75, 3.05) is 5.32 Å². The van der Waals surface area contributed by atoms with E-state index in [0.717, 1.165) is 0 Å². The average molecular weight is 291 g/mol. The van der Waals surface area contributed by atoms with Crippen LogP contribution < -0.4 is 10.1 Å². The van der Waals surface area contributed by atoms with Crippen LogP contribution in [0.15, 0.2) is 47.1 Å². The number of ether oxygens (including phenoxy) is 1. The van der Waals surface area contributed by atoms with Crippen molar-refractivity contribution in [3.05, 3.63) is 42.6 Å². The largest absolute Gasteiger partial charge is 0.433 e. The van der Waals surface area contributed by atoms with Crippen LogP contribution in [-0.4, -0.2) is 16.2 Å². The molecule has 1 aromatic carbocycles. The lowest BCUT2D eigenvalue weighted by molar-refractivity contribution is -0.158. The molecule has 0 bridgehead atoms. The number of benzene rings is 1. The molecule has 0 unspecified atom stereocenters. The van der Waals surface area contributed by atoms with Gasteiger partial charge in [0.25, 0.3) is 0 Å². The van der Waals surface area contributed by atoms with E-state index in [2.05, 4.69) is 20.2 Å². The van der Waals surface area contributed by atoms with Gasteiger partial charge in [-0.25, -0.2) is 4.98 Å². The molecule has 0 atom stereocenters. The molecule has 21 heavy (non-hydrogen) atoms. The predicted octanol–water partition coefficient (Wildman–Crippen LogP) is 3.96. The second-order valence-corrected chi connectivity index (χ2v) is 4.44. The second kappa shape index (κ2) is 5.01. The summed E-state index contributed by atoms with van der Waals surface area (Å²) in [5.74, 6) is 0.458. The van der Waals surface area contributed by atoms with E-state index in [1.165, 1.54) is 12.1 Å². The summed E-state index contributed by atoms with van der Waals surface area (Å²) in [5.41, 5.74) is 1.63. The van der Waals surface area contributed by atoms with E-state index in [1.807, 2.05) is 0 Å². The Kier molecular flexibility index (Phi) is 3.17. The Morgan fingerprint density at radius 1 is 1.24 bits per heavy atom. The zero-order valence-electron chi connectivity index (χ0n) is 11.0. The molecule has 3 aromatic rings. The highest BCUT2D eigenvalue weighted by Crippen LogP contribution is 2.27. The molecule has 2 heterocycles. The molecule has 0 radical (unpaired) electrons. The minimum absolute atomic E-state index is 0.0493. The average Bonchev–Trinajstić information content (AvgIpc) is 2.81. The Hall–Kier alpha value is -2.70. The summed E-state index contributed by atoms with van der Waals surface area (Å²) < 4.78 is 35.3. The fourth-order valence-electron chi connectivity index (χ4n) is 1.84. The molecule has 108 valence electrons. The van der Waals surface area contributed by atoms with Crippen molar-refractivity contribution in [2.24, 2.45) is 0 Å². The van der Waals surface area contributed by atoms with Gasteiger partial charge in [-0.2, -0.15) is 8.78 Å². The lowest BCUT2D eigenvalue weighted by Crippen LogP contribution is -2.19. The Bertz CT molecular complexity index is 768. The predicted molar refractivity (Wildman–Crippen MR) is 72.8 cm³/mol. The third-order valence-electron chi connectivity index (χ3n) is 2.62. The van der Waals surface area contributed by atoms with E-state index in [4.69, 9.17) is 4.52 Å². The van der Waals surface area contributed by atoms with Crippen molar-refractivity contribution in [1.29, 1.82) is 0 Å². The number of fused-ring (bicyclic) bond motifs is 1. The first-order chi connectivity index (χ1) is 10.0. The van der Waals surface area contributed by atoms with Crippen LogP contribution in [-0.2, 0) is 0 Å². The summed E-state index contributed by atoms with van der Waals surface area (Å²) >= 11 is 0. The van der Waals surface area contributed by atoms with Crippen molar-refractivity contribution in [2.45, 2.75) is 13.0 Å². The van der Waals surface area contributed by atoms with Crippen molar-refractivity contribution < 1.29 is 18.0 Å². The van der Waals surface area contributed by atoms with Crippen LogP contribution in [0.3, 0.4) is 0 Å². The van der Waals surface area contributed by atoms with Gasteiger partial charge < -0.3 is 14.6 Å². The van der Waals surface area contributed by atoms with Crippen molar-refractivity contribution in [3.8, 4) is 5.75 Å². The van der Waals surface area contributed by atoms with Gasteiger partial charge in [0.15, 0.2) is 11.1 Å². The van der Waals surface area contributed by atoms with Crippen LogP contribution in [0.5, 0.6) is 5.75 Å². The first-order valence-corrected chi connectivity index (χ1v) is 6.16. The molecule has 0 aliphatic heterocycles. The number of halogens is 2. The molecule has 0 aliphatic carbocycles. The van der Waals surface area contributed by atoms with Gasteiger partial charge in [0.05, 0.1) is 0 Å². The Morgan fingerprint density at radius 3 is 2.90 bits per heavy atom. The number of pyridine rings is 1. The minimum Gasteiger partial charge on any atom is -0.433 e. The lowest BCUT2D eigenvalue weighted by Gasteiger charge is -2.13. The Morgan fingerprint density at radius 2 is 2.10 bits per heavy atom. The first kappa shape index (κ1) is 13.3. The summed E-state index contributed by atoms with van der Waals surface area (Å²) in [5, 5.41) is 6.82. The molecule has 3 rings (SSSR count). The third kappa shape index (κ3) is 3.07. The molecule has 0 aliphatic rings. The van der Waals surface area contributed by atoms with E-state index in [9.17, 15) is 8.78 Å². The maximum absolute atomic E-state index is 12.8. The zero-order chi connectivity index (χ0) is 14.9. The maximum atomic E-state index is 12.8. The van der Waals surface area contributed by atoms with Crippen LogP contribution >= 0.6 is 0 Å². The molecule has 2 aromatic heterocycles. The second-order valence-electron chi connectivity index (χ2n) is 4.44. The van der Waals surface area contributed by atoms with Crippen LogP contribution in [0.2, 0.25) is 0 Å². The standard InChI is InChI=1S/C14H11F2N3O2/c1-14(15,16)20-10-5-2-4-9(8-10)18-13-12-11(21-19-13)6-3-7-17-12/h2-8H,1H3,(H,18,19). The first-order valence-electron chi connectivity index (χ1n) is 6.16. The van der Waals surface area contributed by atoms with Gasteiger partial charge in [0, 0.05) is 24.9 Å². The maximum Gasteiger partial charge on any atom is 0.394 e. The van der Waals surface area contributed by atoms with E-state index in [0.29, 0.717) is 29.5 Å². The van der Waals surface area contributed by atoms with Crippen LogP contribution in [0.4, 0.5) is 20.3 Å². The molecule has 1 N–H and O–H groups in total. The van der Waals surface area contributed by atoms with Crippen molar-refractivity contribution in [3.63, 3.8) is 0 Å². The van der Waals surface area contributed by atoms with Crippen molar-refractivity contribution >= 4 is 22.6 Å². The smallest absolute Gasteiger partial charge is 0.394 e. The topological polar surface area (TPSA) is 60.2 Å². The van der Waals surface area contributed by atoms with Gasteiger partial charge in [0.2, 0.25) is 5.82 Å². The van der Waals surface area contributed by atoms with Gasteiger partial charge in [-0.05, 0) is 24.3 Å². The molecular weight excluding hydrogens is 280 g/mol. The molecular formula is C14H11F2N3O2. The molecule has 5 nitrogen and oxygen atoms in total. The van der Waals surface area contributed by atoms with Gasteiger partial charge in [0.1, 0.15) is 5.75 Å². The fourth-order valence-corrected chi connectivity index (χ4v) is 1.84. The summed E-state index contributed by atoms with van der Waals surface area (Å²) in [7, 11) is 0. The molecule has 0 spiro atoms. The number of aromatic nitrogens is 2. The van der Waals surface area contributed by atoms with Crippen LogP contribution in [0.1, 0.15) is 6.92 Å². The highest BCUT2D eigenvalue weighted by Gasteiger charge is 2.23. The molecule has 0 saturated heterocycles. The fraction of sp³-hybridized carbons (Fsp3) is 0.143. The number of anilines is 2. The summed E-state index contributed by atoms with van der Waals surface area (Å²) in [6.45, 7) is 0.683. The summed E-state index contributed by atoms with van der Waals surface area (Å²) in [6, 6.07) is 9.65. The number of rotatable bonds is 4. The monoisotopic (exact) mass is 291 g/mol. The molecule has 7 heteroatoms. The highest BCUT2D eigenvalue weighted by atomic mass is 19.3. The number of nitrogens with one attached hydrogen (secondary N) is 1. The number of alkyl halides is 2. The quantitative estimate of drug-likeness (QED) is 0.788. The lowest BCUT2D eigenvalue weighted by atomic mass is 10.3. The molecule has 0 saturated carbocycles. The highest BCUT2D eigenvalue weighted by molar-refractivity contribution is 5.85. The van der Waals surface area contributed by atoms with E-state index in [1.54, 1.807) is 30.5 Å². The van der Waals surface area contributed by atoms with Crippen LogP contribution in [0, 0.1) is 0 Å². The van der Waals surface area contributed by atoms with Gasteiger partial charge in [-0.15, -0.1) is 0 Å². The third-order valence-corrected chi connectivity index (χ3v) is 2.62.